The third kappa shape index (κ3) is 4.44. The maximum absolute atomic E-state index is 10.2. The quantitative estimate of drug-likeness (QED) is 0.176. The Morgan fingerprint density at radius 2 is 2.56 bits per heavy atom. The molecule has 0 aromatic carbocycles. The maximum Gasteiger partial charge on any atom is 0.413 e. The van der Waals surface area contributed by atoms with Gasteiger partial charge in [0.1, 0.15) is 6.61 Å². The van der Waals surface area contributed by atoms with Crippen molar-refractivity contribution >= 4 is 12.2 Å². The molecule has 0 aliphatic carbocycles. The van der Waals surface area contributed by atoms with Crippen LogP contribution in [-0.4, -0.2) is 23.6 Å². The molecule has 0 rings (SSSR count). The summed E-state index contributed by atoms with van der Waals surface area (Å²) in [5.74, 6) is -0.683. The second-order valence-electron chi connectivity index (χ2n) is 1.16. The predicted molar refractivity (Wildman–Crippen MR) is 30.8 cm³/mol. The van der Waals surface area contributed by atoms with Crippen LogP contribution in [0.4, 0.5) is 0 Å². The molecule has 0 aromatic heterocycles. The summed E-state index contributed by atoms with van der Waals surface area (Å²) in [5.41, 5.74) is 7.78. The highest BCUT2D eigenvalue weighted by Crippen LogP contribution is 1.72. The van der Waals surface area contributed by atoms with E-state index in [1.54, 1.807) is 0 Å². The van der Waals surface area contributed by atoms with Crippen LogP contribution in [-0.2, 0) is 9.53 Å². The lowest BCUT2D eigenvalue weighted by molar-refractivity contribution is -0.137. The van der Waals surface area contributed by atoms with Gasteiger partial charge in [0.25, 0.3) is 0 Å². The number of rotatable bonds is 3. The van der Waals surface area contributed by atoms with Gasteiger partial charge in [0, 0.05) is 0 Å². The molecule has 0 saturated carbocycles. The first-order valence-electron chi connectivity index (χ1n) is 2.26. The van der Waals surface area contributed by atoms with E-state index in [0.717, 1.165) is 0 Å². The molecule has 0 aromatic rings. The van der Waals surface area contributed by atoms with Gasteiger partial charge in [0.15, 0.2) is 0 Å². The molecule has 4 nitrogen and oxygen atoms in total. The third-order valence-electron chi connectivity index (χ3n) is 0.507. The van der Waals surface area contributed by atoms with Crippen LogP contribution < -0.4 is 0 Å². The summed E-state index contributed by atoms with van der Waals surface area (Å²) >= 11 is 0. The van der Waals surface area contributed by atoms with Crippen molar-refractivity contribution in [3.8, 4) is 0 Å². The number of nitrogens with zero attached hydrogens (tertiary/aromatic N) is 2. The highest BCUT2D eigenvalue weighted by molar-refractivity contribution is 6.20. The molecule has 0 saturated heterocycles. The van der Waals surface area contributed by atoms with Crippen molar-refractivity contribution in [3.05, 3.63) is 18.2 Å². The average Bonchev–Trinajstić information content (AvgIpc) is 1.85. The molecule has 0 N–H and O–H groups in total. The molecule has 0 unspecified atom stereocenters. The van der Waals surface area contributed by atoms with Crippen molar-refractivity contribution in [1.82, 2.24) is 0 Å². The Kier molecular flexibility index (Phi) is 4.00. The standard InChI is InChI=1S/C5H6N2O2/c1-2-3-9-5(8)4-7-6/h2,4H,1,3H2. The molecule has 4 heteroatoms. The van der Waals surface area contributed by atoms with Crippen molar-refractivity contribution in [2.24, 2.45) is 0 Å². The fourth-order valence-corrected chi connectivity index (χ4v) is 0.225. The molecule has 0 atom stereocenters. The number of hydrogen-bond acceptors (Lipinski definition) is 2. The summed E-state index contributed by atoms with van der Waals surface area (Å²) in [4.78, 5) is 12.7. The van der Waals surface area contributed by atoms with E-state index in [9.17, 15) is 4.79 Å². The van der Waals surface area contributed by atoms with Gasteiger partial charge < -0.3 is 10.3 Å². The van der Waals surface area contributed by atoms with Crippen LogP contribution in [0.25, 0.3) is 5.53 Å². The zero-order chi connectivity index (χ0) is 7.11. The normalized spacial score (nSPS) is 7.11. The van der Waals surface area contributed by atoms with E-state index in [-0.39, 0.29) is 6.61 Å². The first-order valence-corrected chi connectivity index (χ1v) is 2.26. The number of hydrogen-bond donors (Lipinski definition) is 0. The Labute approximate surface area is 52.4 Å². The Bertz CT molecular complexity index is 158. The molecule has 0 aliphatic heterocycles. The Morgan fingerprint density at radius 3 is 3.00 bits per heavy atom. The number of esters is 1. The minimum absolute atomic E-state index is 0.130. The van der Waals surface area contributed by atoms with Gasteiger partial charge in [-0.25, -0.2) is 4.79 Å². The van der Waals surface area contributed by atoms with E-state index >= 15 is 0 Å². The van der Waals surface area contributed by atoms with Crippen molar-refractivity contribution in [2.45, 2.75) is 0 Å². The molecule has 0 aliphatic rings. The van der Waals surface area contributed by atoms with Crippen LogP contribution in [0.1, 0.15) is 0 Å². The fourth-order valence-electron chi connectivity index (χ4n) is 0.225. The van der Waals surface area contributed by atoms with Crippen molar-refractivity contribution in [1.29, 1.82) is 0 Å². The van der Waals surface area contributed by atoms with Crippen LogP contribution >= 0.6 is 0 Å². The Hall–Kier alpha value is -1.41. The van der Waals surface area contributed by atoms with Crippen LogP contribution in [0, 0.1) is 0 Å². The molecular formula is C5H6N2O2. The van der Waals surface area contributed by atoms with Crippen LogP contribution in [0.15, 0.2) is 12.7 Å². The molecule has 0 bridgehead atoms. The van der Waals surface area contributed by atoms with E-state index in [1.165, 1.54) is 6.08 Å². The first kappa shape index (κ1) is 7.59. The van der Waals surface area contributed by atoms with E-state index < -0.39 is 5.97 Å². The van der Waals surface area contributed by atoms with Crippen LogP contribution in [0.3, 0.4) is 0 Å². The predicted octanol–water partition coefficient (Wildman–Crippen LogP) is 0.0162. The zero-order valence-corrected chi connectivity index (χ0v) is 4.78. The Morgan fingerprint density at radius 1 is 1.89 bits per heavy atom. The van der Waals surface area contributed by atoms with Crippen molar-refractivity contribution in [3.63, 3.8) is 0 Å². The van der Waals surface area contributed by atoms with Gasteiger partial charge >= 0.3 is 12.2 Å². The summed E-state index contributed by atoms with van der Waals surface area (Å²) < 4.78 is 4.37. The molecule has 0 amide bonds. The number of carbonyl (C=O) groups excluding carboxylic acids is 1. The number of ether oxygens (including phenoxy) is 1. The molecule has 0 fully saturated rings. The van der Waals surface area contributed by atoms with Gasteiger partial charge in [0.05, 0.1) is 0 Å². The SMILES string of the molecule is C=CCOC(=O)C=[N+]=[N-]. The first-order chi connectivity index (χ1) is 4.31. The summed E-state index contributed by atoms with van der Waals surface area (Å²) in [7, 11) is 0. The van der Waals surface area contributed by atoms with Crippen molar-refractivity contribution in [2.75, 3.05) is 6.61 Å². The van der Waals surface area contributed by atoms with Crippen LogP contribution in [0.5, 0.6) is 0 Å². The molecule has 48 valence electrons. The van der Waals surface area contributed by atoms with Gasteiger partial charge in [0.2, 0.25) is 0 Å². The lowest BCUT2D eigenvalue weighted by atomic mass is 10.7. The van der Waals surface area contributed by atoms with Gasteiger partial charge in [-0.1, -0.05) is 12.7 Å². The molecule has 0 spiro atoms. The van der Waals surface area contributed by atoms with Gasteiger partial charge in [-0.3, -0.25) is 0 Å². The lowest BCUT2D eigenvalue weighted by Gasteiger charge is -1.88. The second kappa shape index (κ2) is 4.74. The lowest BCUT2D eigenvalue weighted by Crippen LogP contribution is -2.05. The van der Waals surface area contributed by atoms with Crippen molar-refractivity contribution < 1.29 is 14.3 Å². The monoisotopic (exact) mass is 126 g/mol. The third-order valence-corrected chi connectivity index (χ3v) is 0.507. The minimum atomic E-state index is -0.683. The fraction of sp³-hybridized carbons (Fsp3) is 0.200. The smallest absolute Gasteiger partial charge is 0.413 e. The van der Waals surface area contributed by atoms with Gasteiger partial charge in [-0.05, 0) is 0 Å². The summed E-state index contributed by atoms with van der Waals surface area (Å²) in [6.45, 7) is 3.44. The maximum atomic E-state index is 10.2. The van der Waals surface area contributed by atoms with E-state index in [1.807, 2.05) is 0 Å². The highest BCUT2D eigenvalue weighted by atomic mass is 16.5. The molecular weight excluding hydrogens is 120 g/mol. The summed E-state index contributed by atoms with van der Waals surface area (Å²) in [5, 5.41) is 0. The molecule has 0 heterocycles. The zero-order valence-electron chi connectivity index (χ0n) is 4.78. The summed E-state index contributed by atoms with van der Waals surface area (Å²) in [6, 6.07) is 0. The molecule has 9 heavy (non-hydrogen) atoms. The average molecular weight is 126 g/mol. The highest BCUT2D eigenvalue weighted by Gasteiger charge is 1.98. The van der Waals surface area contributed by atoms with E-state index in [2.05, 4.69) is 16.1 Å². The minimum Gasteiger partial charge on any atom is -0.453 e. The van der Waals surface area contributed by atoms with E-state index in [4.69, 9.17) is 5.53 Å². The topological polar surface area (TPSA) is 62.7 Å². The second-order valence-corrected chi connectivity index (χ2v) is 1.16. The van der Waals surface area contributed by atoms with Gasteiger partial charge in [-0.2, -0.15) is 4.79 Å². The Balaban J connectivity index is 3.50. The van der Waals surface area contributed by atoms with Crippen LogP contribution in [0.2, 0.25) is 0 Å². The number of carbonyl (C=O) groups is 1. The largest absolute Gasteiger partial charge is 0.453 e. The molecule has 0 radical (unpaired) electrons. The van der Waals surface area contributed by atoms with Gasteiger partial charge in [-0.15, -0.1) is 0 Å². The van der Waals surface area contributed by atoms with E-state index in [0.29, 0.717) is 6.21 Å². The summed E-state index contributed by atoms with van der Waals surface area (Å²) in [6.07, 6.45) is 2.09.